The minimum atomic E-state index is -1.07. The molecule has 0 saturated heterocycles. The summed E-state index contributed by atoms with van der Waals surface area (Å²) < 4.78 is 10.6. The van der Waals surface area contributed by atoms with E-state index in [0.29, 0.717) is 6.42 Å². The van der Waals surface area contributed by atoms with Gasteiger partial charge in [-0.2, -0.15) is 0 Å². The van der Waals surface area contributed by atoms with Gasteiger partial charge in [0.15, 0.2) is 0 Å². The predicted octanol–water partition coefficient (Wildman–Crippen LogP) is 2.36. The van der Waals surface area contributed by atoms with Crippen molar-refractivity contribution in [2.24, 2.45) is 5.92 Å². The van der Waals surface area contributed by atoms with Crippen molar-refractivity contribution in [3.63, 3.8) is 0 Å². The van der Waals surface area contributed by atoms with Crippen LogP contribution in [0.25, 0.3) is 0 Å². The molecule has 0 spiro atoms. The lowest BCUT2D eigenvalue weighted by Crippen LogP contribution is -2.49. The maximum atomic E-state index is 12.0. The van der Waals surface area contributed by atoms with E-state index in [1.165, 1.54) is 0 Å². The van der Waals surface area contributed by atoms with Gasteiger partial charge < -0.3 is 25.2 Å². The van der Waals surface area contributed by atoms with Gasteiger partial charge in [0, 0.05) is 19.7 Å². The van der Waals surface area contributed by atoms with E-state index in [4.69, 9.17) is 14.6 Å². The molecule has 1 aliphatic carbocycles. The molecule has 0 heterocycles. The number of carboxylic acid groups (broad SMARTS) is 1. The summed E-state index contributed by atoms with van der Waals surface area (Å²) >= 11 is 0. The van der Waals surface area contributed by atoms with E-state index in [1.54, 1.807) is 7.11 Å². The monoisotopic (exact) mass is 336 g/mol. The van der Waals surface area contributed by atoms with E-state index >= 15 is 0 Å². The number of hydrogen-bond acceptors (Lipinski definition) is 4. The lowest BCUT2D eigenvalue weighted by atomic mass is 9.82. The molecule has 3 atom stereocenters. The standard InChI is InChI=1S/C17H24N2O5/c1-23-14-7-8-15(13(9-14)10-18-16(20)21)19-17(22)24-11-12-5-3-2-4-6-12/h2-6,13-15,18H,7-11H2,1H3,(H,19,22)(H,20,21)/t13?,14-,15+/m1/s1. The molecule has 3 N–H and O–H groups in total. The third-order valence-electron chi connectivity index (χ3n) is 4.30. The van der Waals surface area contributed by atoms with E-state index < -0.39 is 12.2 Å². The van der Waals surface area contributed by atoms with Gasteiger partial charge in [-0.15, -0.1) is 0 Å². The van der Waals surface area contributed by atoms with Gasteiger partial charge in [-0.3, -0.25) is 0 Å². The maximum Gasteiger partial charge on any atom is 0.407 e. The summed E-state index contributed by atoms with van der Waals surface area (Å²) in [6, 6.07) is 9.31. The van der Waals surface area contributed by atoms with E-state index in [0.717, 1.165) is 18.4 Å². The first-order valence-electron chi connectivity index (χ1n) is 8.05. The van der Waals surface area contributed by atoms with Crippen LogP contribution in [0.5, 0.6) is 0 Å². The molecule has 24 heavy (non-hydrogen) atoms. The fourth-order valence-corrected chi connectivity index (χ4v) is 2.99. The van der Waals surface area contributed by atoms with Gasteiger partial charge in [0.1, 0.15) is 6.61 Å². The minimum absolute atomic E-state index is 0.0240. The number of nitrogens with one attached hydrogen (secondary N) is 2. The zero-order chi connectivity index (χ0) is 17.4. The van der Waals surface area contributed by atoms with Crippen LogP contribution in [0.15, 0.2) is 30.3 Å². The minimum Gasteiger partial charge on any atom is -0.465 e. The van der Waals surface area contributed by atoms with Crippen molar-refractivity contribution in [2.75, 3.05) is 13.7 Å². The van der Waals surface area contributed by atoms with Gasteiger partial charge in [-0.1, -0.05) is 30.3 Å². The number of alkyl carbamates (subject to hydrolysis) is 1. The molecule has 0 bridgehead atoms. The Bertz CT molecular complexity index is 537. The molecule has 7 heteroatoms. The van der Waals surface area contributed by atoms with Crippen molar-refractivity contribution in [2.45, 2.75) is 38.0 Å². The first kappa shape index (κ1) is 18.1. The third kappa shape index (κ3) is 5.73. The second-order valence-corrected chi connectivity index (χ2v) is 5.93. The van der Waals surface area contributed by atoms with Crippen LogP contribution in [0.1, 0.15) is 24.8 Å². The Hall–Kier alpha value is -2.28. The summed E-state index contributed by atoms with van der Waals surface area (Å²) in [4.78, 5) is 22.7. The highest BCUT2D eigenvalue weighted by Gasteiger charge is 2.32. The van der Waals surface area contributed by atoms with E-state index in [1.807, 2.05) is 30.3 Å². The molecule has 1 saturated carbocycles. The quantitative estimate of drug-likeness (QED) is 0.741. The van der Waals surface area contributed by atoms with Crippen LogP contribution in [0.2, 0.25) is 0 Å². The van der Waals surface area contributed by atoms with Crippen LogP contribution in [0, 0.1) is 5.92 Å². The second kappa shape index (κ2) is 9.12. The smallest absolute Gasteiger partial charge is 0.407 e. The highest BCUT2D eigenvalue weighted by atomic mass is 16.5. The summed E-state index contributed by atoms with van der Waals surface area (Å²) in [5.41, 5.74) is 0.917. The zero-order valence-corrected chi connectivity index (χ0v) is 13.7. The average Bonchev–Trinajstić information content (AvgIpc) is 2.60. The zero-order valence-electron chi connectivity index (χ0n) is 13.7. The lowest BCUT2D eigenvalue weighted by molar-refractivity contribution is 0.0362. The number of benzene rings is 1. The van der Waals surface area contributed by atoms with Crippen molar-refractivity contribution in [1.29, 1.82) is 0 Å². The number of rotatable bonds is 6. The first-order valence-corrected chi connectivity index (χ1v) is 8.05. The summed E-state index contributed by atoms with van der Waals surface area (Å²) in [5.74, 6) is -0.0240. The predicted molar refractivity (Wildman–Crippen MR) is 87.7 cm³/mol. The third-order valence-corrected chi connectivity index (χ3v) is 4.30. The summed E-state index contributed by atoms with van der Waals surface area (Å²) in [6.45, 7) is 0.483. The number of carbonyl (C=O) groups excluding carboxylic acids is 1. The molecule has 1 aliphatic rings. The molecule has 0 radical (unpaired) electrons. The van der Waals surface area contributed by atoms with Gasteiger partial charge in [0.05, 0.1) is 6.10 Å². The fraction of sp³-hybridized carbons (Fsp3) is 0.529. The van der Waals surface area contributed by atoms with Crippen molar-refractivity contribution in [3.8, 4) is 0 Å². The first-order chi connectivity index (χ1) is 11.6. The van der Waals surface area contributed by atoms with E-state index in [-0.39, 0.29) is 31.2 Å². The Kier molecular flexibility index (Phi) is 6.87. The van der Waals surface area contributed by atoms with Crippen LogP contribution in [0.3, 0.4) is 0 Å². The molecule has 1 aromatic rings. The average molecular weight is 336 g/mol. The molecule has 2 amide bonds. The molecular weight excluding hydrogens is 312 g/mol. The molecule has 1 aromatic carbocycles. The Balaban J connectivity index is 1.85. The largest absolute Gasteiger partial charge is 0.465 e. The van der Waals surface area contributed by atoms with Crippen molar-refractivity contribution >= 4 is 12.2 Å². The van der Waals surface area contributed by atoms with Gasteiger partial charge in [0.2, 0.25) is 0 Å². The Morgan fingerprint density at radius 1 is 1.25 bits per heavy atom. The summed E-state index contributed by atoms with van der Waals surface area (Å²) in [6.07, 6.45) is 0.777. The van der Waals surface area contributed by atoms with Gasteiger partial charge in [-0.25, -0.2) is 9.59 Å². The topological polar surface area (TPSA) is 96.9 Å². The highest BCUT2D eigenvalue weighted by molar-refractivity contribution is 5.67. The number of ether oxygens (including phenoxy) is 2. The Labute approximate surface area is 141 Å². The van der Waals surface area contributed by atoms with E-state index in [9.17, 15) is 9.59 Å². The Morgan fingerprint density at radius 3 is 2.67 bits per heavy atom. The molecule has 7 nitrogen and oxygen atoms in total. The molecule has 2 rings (SSSR count). The van der Waals surface area contributed by atoms with Crippen LogP contribution in [-0.4, -0.2) is 43.1 Å². The van der Waals surface area contributed by atoms with Crippen molar-refractivity contribution < 1.29 is 24.2 Å². The molecular formula is C17H24N2O5. The number of amides is 2. The maximum absolute atomic E-state index is 12.0. The molecule has 1 fully saturated rings. The van der Waals surface area contributed by atoms with E-state index in [2.05, 4.69) is 10.6 Å². The summed E-state index contributed by atoms with van der Waals surface area (Å²) in [7, 11) is 1.65. The van der Waals surface area contributed by atoms with Crippen LogP contribution < -0.4 is 10.6 Å². The van der Waals surface area contributed by atoms with Gasteiger partial charge in [-0.05, 0) is 30.7 Å². The molecule has 132 valence electrons. The fourth-order valence-electron chi connectivity index (χ4n) is 2.99. The van der Waals surface area contributed by atoms with Crippen LogP contribution in [-0.2, 0) is 16.1 Å². The molecule has 1 unspecified atom stereocenters. The highest BCUT2D eigenvalue weighted by Crippen LogP contribution is 2.26. The second-order valence-electron chi connectivity index (χ2n) is 5.93. The lowest BCUT2D eigenvalue weighted by Gasteiger charge is -2.35. The van der Waals surface area contributed by atoms with Crippen molar-refractivity contribution in [1.82, 2.24) is 10.6 Å². The SMILES string of the molecule is CO[C@@H]1CC[C@H](NC(=O)OCc2ccccc2)C(CNC(=O)O)C1. The molecule has 0 aliphatic heterocycles. The normalized spacial score (nSPS) is 23.3. The van der Waals surface area contributed by atoms with Gasteiger partial charge in [0.25, 0.3) is 0 Å². The van der Waals surface area contributed by atoms with Gasteiger partial charge >= 0.3 is 12.2 Å². The Morgan fingerprint density at radius 2 is 2.00 bits per heavy atom. The van der Waals surface area contributed by atoms with Crippen LogP contribution in [0.4, 0.5) is 9.59 Å². The van der Waals surface area contributed by atoms with Crippen LogP contribution >= 0.6 is 0 Å². The van der Waals surface area contributed by atoms with Crippen molar-refractivity contribution in [3.05, 3.63) is 35.9 Å². The molecule has 0 aromatic heterocycles. The summed E-state index contributed by atoms with van der Waals surface area (Å²) in [5, 5.41) is 14.0. The number of carbonyl (C=O) groups is 2. The number of methoxy groups -OCH3 is 1. The number of hydrogen-bond donors (Lipinski definition) is 3.